The number of H-pyrrole nitrogens is 1. The number of nitrogens with one attached hydrogen (secondary N) is 2. The predicted molar refractivity (Wildman–Crippen MR) is 68.5 cm³/mol. The summed E-state index contributed by atoms with van der Waals surface area (Å²) < 4.78 is 0. The summed E-state index contributed by atoms with van der Waals surface area (Å²) in [4.78, 5) is 18.4. The van der Waals surface area contributed by atoms with E-state index >= 15 is 0 Å². The number of likely N-dealkylation sites (N-methyl/N-ethyl adjacent to an activating group) is 1. The maximum Gasteiger partial charge on any atom is 0.293 e. The Kier molecular flexibility index (Phi) is 3.38. The van der Waals surface area contributed by atoms with Crippen LogP contribution < -0.4 is 5.32 Å². The van der Waals surface area contributed by atoms with Crippen LogP contribution in [0, 0.1) is 0 Å². The zero-order chi connectivity index (χ0) is 13.3. The number of hydrogen-bond donors (Lipinski definition) is 2. The molecule has 100 valence electrons. The largest absolute Gasteiger partial charge is 0.331 e. The van der Waals surface area contributed by atoms with Crippen molar-refractivity contribution in [2.24, 2.45) is 0 Å². The quantitative estimate of drug-likeness (QED) is 0.822. The minimum absolute atomic E-state index is 0.0873. The highest BCUT2D eigenvalue weighted by atomic mass is 16.2. The van der Waals surface area contributed by atoms with Crippen LogP contribution in [0.3, 0.4) is 0 Å². The van der Waals surface area contributed by atoms with Gasteiger partial charge < -0.3 is 10.2 Å². The Bertz CT molecular complexity index is 430. The van der Waals surface area contributed by atoms with Gasteiger partial charge in [-0.25, -0.2) is 4.98 Å². The van der Waals surface area contributed by atoms with Crippen molar-refractivity contribution in [3.05, 3.63) is 11.6 Å². The number of nitrogens with zero attached hydrogens (tertiary/aromatic N) is 3. The third-order valence-corrected chi connectivity index (χ3v) is 3.19. The van der Waals surface area contributed by atoms with Crippen LogP contribution in [0.15, 0.2) is 0 Å². The molecule has 0 aliphatic carbocycles. The van der Waals surface area contributed by atoms with Crippen LogP contribution >= 0.6 is 0 Å². The molecule has 1 saturated heterocycles. The SMILES string of the molecule is CCN(C(=O)c1n[nH]c(C(C)(C)C)n1)C1CNC1. The van der Waals surface area contributed by atoms with Gasteiger partial charge in [0, 0.05) is 25.0 Å². The van der Waals surface area contributed by atoms with Crippen molar-refractivity contribution in [2.75, 3.05) is 19.6 Å². The minimum atomic E-state index is -0.124. The maximum atomic E-state index is 12.3. The lowest BCUT2D eigenvalue weighted by atomic mass is 9.96. The second-order valence-corrected chi connectivity index (χ2v) is 5.66. The molecule has 1 aliphatic heterocycles. The first-order chi connectivity index (χ1) is 8.43. The summed E-state index contributed by atoms with van der Waals surface area (Å²) in [5.74, 6) is 0.929. The Hall–Kier alpha value is -1.43. The Morgan fingerprint density at radius 3 is 2.50 bits per heavy atom. The monoisotopic (exact) mass is 251 g/mol. The molecule has 1 amide bonds. The Labute approximate surface area is 107 Å². The summed E-state index contributed by atoms with van der Waals surface area (Å²) in [6.45, 7) is 10.5. The fourth-order valence-corrected chi connectivity index (χ4v) is 1.88. The number of hydrogen-bond acceptors (Lipinski definition) is 4. The van der Waals surface area contributed by atoms with E-state index in [9.17, 15) is 4.79 Å². The van der Waals surface area contributed by atoms with Gasteiger partial charge in [0.2, 0.25) is 5.82 Å². The molecule has 0 saturated carbocycles. The molecule has 2 heterocycles. The lowest BCUT2D eigenvalue weighted by Gasteiger charge is -2.36. The lowest BCUT2D eigenvalue weighted by molar-refractivity contribution is 0.0618. The molecule has 1 aromatic rings. The molecule has 18 heavy (non-hydrogen) atoms. The van der Waals surface area contributed by atoms with Crippen molar-refractivity contribution in [1.82, 2.24) is 25.4 Å². The molecule has 0 spiro atoms. The van der Waals surface area contributed by atoms with Crippen LogP contribution in [0.25, 0.3) is 0 Å². The van der Waals surface area contributed by atoms with E-state index in [0.717, 1.165) is 18.9 Å². The number of carbonyl (C=O) groups excluding carboxylic acids is 1. The molecule has 1 aromatic heterocycles. The van der Waals surface area contributed by atoms with Gasteiger partial charge in [-0.2, -0.15) is 0 Å². The Balaban J connectivity index is 2.15. The molecule has 0 atom stereocenters. The molecule has 1 fully saturated rings. The first-order valence-electron chi connectivity index (χ1n) is 6.38. The van der Waals surface area contributed by atoms with Crippen molar-refractivity contribution < 1.29 is 4.79 Å². The number of amides is 1. The van der Waals surface area contributed by atoms with E-state index in [1.807, 2.05) is 32.6 Å². The van der Waals surface area contributed by atoms with Gasteiger partial charge in [0.25, 0.3) is 5.91 Å². The van der Waals surface area contributed by atoms with Crippen molar-refractivity contribution in [1.29, 1.82) is 0 Å². The normalized spacial score (nSPS) is 16.4. The van der Waals surface area contributed by atoms with Crippen LogP contribution in [0.5, 0.6) is 0 Å². The van der Waals surface area contributed by atoms with Crippen LogP contribution in [0.4, 0.5) is 0 Å². The molecule has 0 radical (unpaired) electrons. The van der Waals surface area contributed by atoms with E-state index in [4.69, 9.17) is 0 Å². The highest BCUT2D eigenvalue weighted by Gasteiger charge is 2.30. The molecule has 1 aliphatic rings. The Morgan fingerprint density at radius 1 is 1.44 bits per heavy atom. The summed E-state index contributed by atoms with van der Waals surface area (Å²) in [5.41, 5.74) is -0.124. The van der Waals surface area contributed by atoms with Crippen molar-refractivity contribution in [3.63, 3.8) is 0 Å². The van der Waals surface area contributed by atoms with E-state index < -0.39 is 0 Å². The standard InChI is InChI=1S/C12H21N5O/c1-5-17(8-6-13-7-8)10(18)9-14-11(16-15-9)12(2,3)4/h8,13H,5-7H2,1-4H3,(H,14,15,16). The third kappa shape index (κ3) is 2.38. The van der Waals surface area contributed by atoms with Gasteiger partial charge in [-0.3, -0.25) is 9.89 Å². The van der Waals surface area contributed by atoms with Crippen LogP contribution in [-0.2, 0) is 5.41 Å². The maximum absolute atomic E-state index is 12.3. The van der Waals surface area contributed by atoms with Gasteiger partial charge in [-0.15, -0.1) is 5.10 Å². The molecular weight excluding hydrogens is 230 g/mol. The smallest absolute Gasteiger partial charge is 0.293 e. The number of aromatic amines is 1. The average Bonchev–Trinajstić information content (AvgIpc) is 2.70. The van der Waals surface area contributed by atoms with Gasteiger partial charge in [0.15, 0.2) is 0 Å². The van der Waals surface area contributed by atoms with Crippen LogP contribution in [0.2, 0.25) is 0 Å². The van der Waals surface area contributed by atoms with Gasteiger partial charge in [0.1, 0.15) is 5.82 Å². The van der Waals surface area contributed by atoms with Gasteiger partial charge in [-0.05, 0) is 6.92 Å². The molecule has 6 nitrogen and oxygen atoms in total. The third-order valence-electron chi connectivity index (χ3n) is 3.19. The Morgan fingerprint density at radius 2 is 2.11 bits per heavy atom. The molecule has 0 aromatic carbocycles. The van der Waals surface area contributed by atoms with Crippen molar-refractivity contribution in [2.45, 2.75) is 39.2 Å². The number of aromatic nitrogens is 3. The van der Waals surface area contributed by atoms with E-state index in [1.54, 1.807) is 0 Å². The van der Waals surface area contributed by atoms with Crippen LogP contribution in [-0.4, -0.2) is 51.7 Å². The summed E-state index contributed by atoms with van der Waals surface area (Å²) >= 11 is 0. The fraction of sp³-hybridized carbons (Fsp3) is 0.750. The van der Waals surface area contributed by atoms with Gasteiger partial charge in [0.05, 0.1) is 6.04 Å². The minimum Gasteiger partial charge on any atom is -0.331 e. The molecular formula is C12H21N5O. The van der Waals surface area contributed by atoms with E-state index in [-0.39, 0.29) is 23.2 Å². The van der Waals surface area contributed by atoms with Gasteiger partial charge >= 0.3 is 0 Å². The van der Waals surface area contributed by atoms with Crippen LogP contribution in [0.1, 0.15) is 44.1 Å². The van der Waals surface area contributed by atoms with E-state index in [1.165, 1.54) is 0 Å². The molecule has 0 bridgehead atoms. The van der Waals surface area contributed by atoms with Gasteiger partial charge in [-0.1, -0.05) is 20.8 Å². The zero-order valence-electron chi connectivity index (χ0n) is 11.4. The first-order valence-corrected chi connectivity index (χ1v) is 6.38. The first kappa shape index (κ1) is 13.0. The summed E-state index contributed by atoms with van der Waals surface area (Å²) in [5, 5.41) is 10.1. The second-order valence-electron chi connectivity index (χ2n) is 5.66. The molecule has 2 rings (SSSR count). The molecule has 0 unspecified atom stereocenters. The summed E-state index contributed by atoms with van der Waals surface area (Å²) in [6, 6.07) is 0.277. The topological polar surface area (TPSA) is 73.9 Å². The van der Waals surface area contributed by atoms with E-state index in [2.05, 4.69) is 20.5 Å². The van der Waals surface area contributed by atoms with Crippen molar-refractivity contribution >= 4 is 5.91 Å². The number of carbonyl (C=O) groups is 1. The highest BCUT2D eigenvalue weighted by Crippen LogP contribution is 2.18. The molecule has 6 heteroatoms. The average molecular weight is 251 g/mol. The highest BCUT2D eigenvalue weighted by molar-refractivity contribution is 5.90. The number of rotatable bonds is 3. The zero-order valence-corrected chi connectivity index (χ0v) is 11.4. The summed E-state index contributed by atoms with van der Waals surface area (Å²) in [6.07, 6.45) is 0. The fourth-order valence-electron chi connectivity index (χ4n) is 1.88. The second kappa shape index (κ2) is 4.68. The van der Waals surface area contributed by atoms with Crippen molar-refractivity contribution in [3.8, 4) is 0 Å². The summed E-state index contributed by atoms with van der Waals surface area (Å²) in [7, 11) is 0. The lowest BCUT2D eigenvalue weighted by Crippen LogP contribution is -2.58. The van der Waals surface area contributed by atoms with E-state index in [0.29, 0.717) is 6.54 Å². The molecule has 2 N–H and O–H groups in total. The predicted octanol–water partition coefficient (Wildman–Crippen LogP) is 0.536.